The summed E-state index contributed by atoms with van der Waals surface area (Å²) in [6.07, 6.45) is 2.52. The zero-order valence-electron chi connectivity index (χ0n) is 11.3. The number of ether oxygens (including phenoxy) is 1. The lowest BCUT2D eigenvalue weighted by molar-refractivity contribution is 0.0280. The number of likely N-dealkylation sites (N-methyl/N-ethyl adjacent to an activating group) is 1. The molecule has 0 spiro atoms. The Labute approximate surface area is 105 Å². The van der Waals surface area contributed by atoms with Gasteiger partial charge in [0.15, 0.2) is 0 Å². The van der Waals surface area contributed by atoms with Crippen LogP contribution in [0, 0.1) is 0 Å². The molecule has 0 amide bonds. The Bertz CT molecular complexity index is 280. The van der Waals surface area contributed by atoms with Gasteiger partial charge in [-0.15, -0.1) is 0 Å². The molecule has 0 radical (unpaired) electrons. The van der Waals surface area contributed by atoms with Crippen LogP contribution in [0.3, 0.4) is 0 Å². The van der Waals surface area contributed by atoms with Crippen molar-refractivity contribution in [2.75, 3.05) is 13.2 Å². The van der Waals surface area contributed by atoms with E-state index in [1.54, 1.807) is 0 Å². The van der Waals surface area contributed by atoms with Gasteiger partial charge < -0.3 is 10.1 Å². The predicted molar refractivity (Wildman–Crippen MR) is 73.2 cm³/mol. The standard InChI is InChI=1S/C15H25NO/c1-4-10-14(17-6-3)15(16-5-2)13-11-8-7-9-12-13/h7-9,11-12,14-16H,4-6,10H2,1-3H3. The molecule has 0 heterocycles. The van der Waals surface area contributed by atoms with Crippen LogP contribution in [0.15, 0.2) is 30.3 Å². The molecular weight excluding hydrogens is 210 g/mol. The smallest absolute Gasteiger partial charge is 0.0769 e. The molecule has 0 fully saturated rings. The van der Waals surface area contributed by atoms with E-state index in [0.29, 0.717) is 6.04 Å². The molecule has 0 saturated carbocycles. The molecule has 2 heteroatoms. The first-order chi connectivity index (χ1) is 8.33. The van der Waals surface area contributed by atoms with E-state index in [-0.39, 0.29) is 6.10 Å². The summed E-state index contributed by atoms with van der Waals surface area (Å²) >= 11 is 0. The van der Waals surface area contributed by atoms with Crippen molar-refractivity contribution in [3.05, 3.63) is 35.9 Å². The minimum absolute atomic E-state index is 0.271. The van der Waals surface area contributed by atoms with E-state index in [4.69, 9.17) is 4.74 Å². The molecule has 1 aromatic rings. The molecule has 2 atom stereocenters. The predicted octanol–water partition coefficient (Wildman–Crippen LogP) is 3.54. The summed E-state index contributed by atoms with van der Waals surface area (Å²) < 4.78 is 5.89. The summed E-state index contributed by atoms with van der Waals surface area (Å²) in [5.41, 5.74) is 1.32. The zero-order valence-corrected chi connectivity index (χ0v) is 11.3. The molecule has 0 saturated heterocycles. The van der Waals surface area contributed by atoms with Gasteiger partial charge in [-0.3, -0.25) is 0 Å². The summed E-state index contributed by atoms with van der Waals surface area (Å²) in [6.45, 7) is 8.16. The first kappa shape index (κ1) is 14.2. The zero-order chi connectivity index (χ0) is 12.5. The number of nitrogens with one attached hydrogen (secondary N) is 1. The van der Waals surface area contributed by atoms with Gasteiger partial charge in [-0.05, 0) is 25.5 Å². The van der Waals surface area contributed by atoms with Gasteiger partial charge in [0.05, 0.1) is 12.1 Å². The molecule has 1 aromatic carbocycles. The molecular formula is C15H25NO. The molecule has 0 aliphatic rings. The highest BCUT2D eigenvalue weighted by molar-refractivity contribution is 5.20. The summed E-state index contributed by atoms with van der Waals surface area (Å²) in [5, 5.41) is 3.54. The molecule has 0 bridgehead atoms. The highest BCUT2D eigenvalue weighted by atomic mass is 16.5. The average Bonchev–Trinajstić information content (AvgIpc) is 2.37. The van der Waals surface area contributed by atoms with Crippen LogP contribution in [0.1, 0.15) is 45.2 Å². The maximum Gasteiger partial charge on any atom is 0.0769 e. The van der Waals surface area contributed by atoms with Crippen molar-refractivity contribution in [3.63, 3.8) is 0 Å². The van der Waals surface area contributed by atoms with Crippen LogP contribution < -0.4 is 5.32 Å². The Hall–Kier alpha value is -0.860. The van der Waals surface area contributed by atoms with E-state index >= 15 is 0 Å². The molecule has 17 heavy (non-hydrogen) atoms. The van der Waals surface area contributed by atoms with Crippen molar-refractivity contribution >= 4 is 0 Å². The van der Waals surface area contributed by atoms with Gasteiger partial charge in [0, 0.05) is 6.61 Å². The molecule has 0 aliphatic heterocycles. The van der Waals surface area contributed by atoms with E-state index in [1.807, 2.05) is 0 Å². The normalized spacial score (nSPS) is 14.5. The van der Waals surface area contributed by atoms with Gasteiger partial charge in [-0.2, -0.15) is 0 Å². The lowest BCUT2D eigenvalue weighted by Crippen LogP contribution is -2.34. The summed E-state index contributed by atoms with van der Waals surface area (Å²) in [4.78, 5) is 0. The van der Waals surface area contributed by atoms with Crippen molar-refractivity contribution < 1.29 is 4.74 Å². The second kappa shape index (κ2) is 8.26. The first-order valence-corrected chi connectivity index (χ1v) is 6.73. The van der Waals surface area contributed by atoms with Crippen molar-refractivity contribution in [2.24, 2.45) is 0 Å². The molecule has 1 N–H and O–H groups in total. The van der Waals surface area contributed by atoms with E-state index in [2.05, 4.69) is 56.4 Å². The highest BCUT2D eigenvalue weighted by Gasteiger charge is 2.21. The largest absolute Gasteiger partial charge is 0.377 e. The summed E-state index contributed by atoms with van der Waals surface area (Å²) in [7, 11) is 0. The van der Waals surface area contributed by atoms with Gasteiger partial charge in [-0.25, -0.2) is 0 Å². The second-order valence-electron chi connectivity index (χ2n) is 4.23. The SMILES string of the molecule is CCCC(OCC)C(NCC)c1ccccc1. The van der Waals surface area contributed by atoms with E-state index in [1.165, 1.54) is 5.56 Å². The second-order valence-corrected chi connectivity index (χ2v) is 4.23. The third-order valence-electron chi connectivity index (χ3n) is 2.91. The summed E-state index contributed by atoms with van der Waals surface area (Å²) in [5.74, 6) is 0. The van der Waals surface area contributed by atoms with Crippen molar-refractivity contribution in [2.45, 2.75) is 45.8 Å². The van der Waals surface area contributed by atoms with Gasteiger partial charge in [0.25, 0.3) is 0 Å². The van der Waals surface area contributed by atoms with Crippen molar-refractivity contribution in [3.8, 4) is 0 Å². The lowest BCUT2D eigenvalue weighted by atomic mass is 9.98. The Morgan fingerprint density at radius 2 is 1.82 bits per heavy atom. The average molecular weight is 235 g/mol. The minimum Gasteiger partial charge on any atom is -0.377 e. The fourth-order valence-electron chi connectivity index (χ4n) is 2.19. The van der Waals surface area contributed by atoms with Gasteiger partial charge in [0.2, 0.25) is 0 Å². The van der Waals surface area contributed by atoms with Crippen LogP contribution in [0.5, 0.6) is 0 Å². The number of rotatable bonds is 8. The maximum absolute atomic E-state index is 5.89. The third-order valence-corrected chi connectivity index (χ3v) is 2.91. The fourth-order valence-corrected chi connectivity index (χ4v) is 2.19. The first-order valence-electron chi connectivity index (χ1n) is 6.73. The number of benzene rings is 1. The minimum atomic E-state index is 0.271. The van der Waals surface area contributed by atoms with Crippen molar-refractivity contribution in [1.82, 2.24) is 5.32 Å². The van der Waals surface area contributed by atoms with Gasteiger partial charge in [0.1, 0.15) is 0 Å². The topological polar surface area (TPSA) is 21.3 Å². The van der Waals surface area contributed by atoms with E-state index in [9.17, 15) is 0 Å². The third kappa shape index (κ3) is 4.49. The van der Waals surface area contributed by atoms with Crippen LogP contribution >= 0.6 is 0 Å². The Morgan fingerprint density at radius 1 is 1.12 bits per heavy atom. The molecule has 96 valence electrons. The van der Waals surface area contributed by atoms with Crippen LogP contribution in [0.2, 0.25) is 0 Å². The van der Waals surface area contributed by atoms with Crippen LogP contribution in [-0.4, -0.2) is 19.3 Å². The Kier molecular flexibility index (Phi) is 6.90. The molecule has 2 unspecified atom stereocenters. The fraction of sp³-hybridized carbons (Fsp3) is 0.600. The molecule has 1 rings (SSSR count). The van der Waals surface area contributed by atoms with Crippen LogP contribution in [0.4, 0.5) is 0 Å². The Balaban J connectivity index is 2.81. The Morgan fingerprint density at radius 3 is 2.35 bits per heavy atom. The number of hydrogen-bond donors (Lipinski definition) is 1. The quantitative estimate of drug-likeness (QED) is 0.744. The maximum atomic E-state index is 5.89. The highest BCUT2D eigenvalue weighted by Crippen LogP contribution is 2.22. The summed E-state index contributed by atoms with van der Waals surface area (Å²) in [6, 6.07) is 10.9. The molecule has 2 nitrogen and oxygen atoms in total. The van der Waals surface area contributed by atoms with Crippen LogP contribution in [0.25, 0.3) is 0 Å². The van der Waals surface area contributed by atoms with Crippen LogP contribution in [-0.2, 0) is 4.74 Å². The molecule has 0 aromatic heterocycles. The van der Waals surface area contributed by atoms with E-state index < -0.39 is 0 Å². The van der Waals surface area contributed by atoms with Crippen molar-refractivity contribution in [1.29, 1.82) is 0 Å². The monoisotopic (exact) mass is 235 g/mol. The number of hydrogen-bond acceptors (Lipinski definition) is 2. The van der Waals surface area contributed by atoms with E-state index in [0.717, 1.165) is 26.0 Å². The lowest BCUT2D eigenvalue weighted by Gasteiger charge is -2.28. The van der Waals surface area contributed by atoms with Gasteiger partial charge >= 0.3 is 0 Å². The van der Waals surface area contributed by atoms with Gasteiger partial charge in [-0.1, -0.05) is 50.6 Å². The molecule has 0 aliphatic carbocycles.